The molecule has 2 amide bonds. The first-order valence-corrected chi connectivity index (χ1v) is 10.1. The van der Waals surface area contributed by atoms with Crippen LogP contribution >= 0.6 is 0 Å². The molecular weight excluding hydrogens is 382 g/mol. The van der Waals surface area contributed by atoms with Gasteiger partial charge in [0.25, 0.3) is 0 Å². The third-order valence-electron chi connectivity index (χ3n) is 4.94. The van der Waals surface area contributed by atoms with Crippen LogP contribution in [0.5, 0.6) is 11.5 Å². The molecule has 0 unspecified atom stereocenters. The lowest BCUT2D eigenvalue weighted by molar-refractivity contribution is 0.204. The highest BCUT2D eigenvalue weighted by atomic mass is 16.5. The number of carbonyl (C=O) groups excluding carboxylic acids is 1. The Labute approximate surface area is 175 Å². The Hall–Kier alpha value is -3.48. The summed E-state index contributed by atoms with van der Waals surface area (Å²) in [4.78, 5) is 14.8. The minimum atomic E-state index is -0.175. The Kier molecular flexibility index (Phi) is 5.88. The molecule has 0 bridgehead atoms. The molecule has 3 aromatic rings. The van der Waals surface area contributed by atoms with E-state index in [1.165, 1.54) is 0 Å². The van der Waals surface area contributed by atoms with Crippen molar-refractivity contribution in [2.45, 2.75) is 32.4 Å². The second-order valence-electron chi connectivity index (χ2n) is 7.10. The SMILES string of the molecule is CCOc1ccccc1NC(=O)N(Cc1cc(-c2ccccc2OC)on1)C1CC1. The second-order valence-corrected chi connectivity index (χ2v) is 7.10. The first-order valence-electron chi connectivity index (χ1n) is 10.1. The summed E-state index contributed by atoms with van der Waals surface area (Å²) >= 11 is 0. The number of nitrogens with zero attached hydrogens (tertiary/aromatic N) is 2. The Morgan fingerprint density at radius 2 is 1.90 bits per heavy atom. The Morgan fingerprint density at radius 1 is 1.17 bits per heavy atom. The predicted octanol–water partition coefficient (Wildman–Crippen LogP) is 4.95. The summed E-state index contributed by atoms with van der Waals surface area (Å²) in [6.45, 7) is 2.81. The Balaban J connectivity index is 1.50. The molecule has 0 radical (unpaired) electrons. The van der Waals surface area contributed by atoms with Crippen molar-refractivity contribution in [1.29, 1.82) is 0 Å². The Morgan fingerprint density at radius 3 is 2.63 bits per heavy atom. The van der Waals surface area contributed by atoms with Crippen LogP contribution in [0.3, 0.4) is 0 Å². The quantitative estimate of drug-likeness (QED) is 0.572. The van der Waals surface area contributed by atoms with Crippen LogP contribution in [0.25, 0.3) is 11.3 Å². The number of benzene rings is 2. The van der Waals surface area contributed by atoms with Crippen LogP contribution in [0.15, 0.2) is 59.1 Å². The van der Waals surface area contributed by atoms with Gasteiger partial charge in [-0.05, 0) is 44.0 Å². The highest BCUT2D eigenvalue weighted by molar-refractivity contribution is 5.91. The van der Waals surface area contributed by atoms with Crippen LogP contribution in [-0.4, -0.2) is 35.8 Å². The van der Waals surface area contributed by atoms with Crippen LogP contribution in [0.1, 0.15) is 25.5 Å². The molecule has 4 rings (SSSR count). The summed E-state index contributed by atoms with van der Waals surface area (Å²) in [7, 11) is 1.62. The minimum Gasteiger partial charge on any atom is -0.496 e. The number of anilines is 1. The van der Waals surface area contributed by atoms with Crippen LogP contribution in [0.4, 0.5) is 10.5 Å². The molecule has 7 nitrogen and oxygen atoms in total. The zero-order chi connectivity index (χ0) is 20.9. The van der Waals surface area contributed by atoms with E-state index >= 15 is 0 Å². The molecule has 1 N–H and O–H groups in total. The van der Waals surface area contributed by atoms with Crippen molar-refractivity contribution in [3.63, 3.8) is 0 Å². The summed E-state index contributed by atoms with van der Waals surface area (Å²) in [6.07, 6.45) is 1.97. The molecule has 1 saturated carbocycles. The smallest absolute Gasteiger partial charge is 0.322 e. The number of urea groups is 1. The van der Waals surface area contributed by atoms with Crippen LogP contribution in [0.2, 0.25) is 0 Å². The number of nitrogens with one attached hydrogen (secondary N) is 1. The average molecular weight is 407 g/mol. The highest BCUT2D eigenvalue weighted by Crippen LogP contribution is 2.33. The molecule has 1 fully saturated rings. The van der Waals surface area contributed by atoms with Crippen LogP contribution in [-0.2, 0) is 6.54 Å². The van der Waals surface area contributed by atoms with E-state index in [2.05, 4.69) is 10.5 Å². The fraction of sp³-hybridized carbons (Fsp3) is 0.304. The molecule has 7 heteroatoms. The number of aromatic nitrogens is 1. The minimum absolute atomic E-state index is 0.175. The van der Waals surface area contributed by atoms with E-state index in [-0.39, 0.29) is 12.1 Å². The van der Waals surface area contributed by atoms with E-state index < -0.39 is 0 Å². The summed E-state index contributed by atoms with van der Waals surface area (Å²) < 4.78 is 16.5. The summed E-state index contributed by atoms with van der Waals surface area (Å²) in [5.41, 5.74) is 2.17. The molecule has 0 aliphatic heterocycles. The first kappa shape index (κ1) is 19.8. The van der Waals surface area contributed by atoms with E-state index in [4.69, 9.17) is 14.0 Å². The zero-order valence-electron chi connectivity index (χ0n) is 17.1. The fourth-order valence-electron chi connectivity index (χ4n) is 3.33. The number of amides is 2. The number of methoxy groups -OCH3 is 1. The summed E-state index contributed by atoms with van der Waals surface area (Å²) in [5.74, 6) is 1.98. The average Bonchev–Trinajstić information content (AvgIpc) is 3.51. The van der Waals surface area contributed by atoms with Gasteiger partial charge in [0.15, 0.2) is 5.76 Å². The van der Waals surface area contributed by atoms with Gasteiger partial charge in [-0.3, -0.25) is 0 Å². The first-order chi connectivity index (χ1) is 14.7. The maximum atomic E-state index is 13.0. The van der Waals surface area contributed by atoms with Gasteiger partial charge >= 0.3 is 6.03 Å². The number of ether oxygens (including phenoxy) is 2. The monoisotopic (exact) mass is 407 g/mol. The maximum Gasteiger partial charge on any atom is 0.322 e. The van der Waals surface area contributed by atoms with E-state index in [1.807, 2.05) is 61.5 Å². The fourth-order valence-corrected chi connectivity index (χ4v) is 3.33. The van der Waals surface area contributed by atoms with Crippen molar-refractivity contribution in [2.75, 3.05) is 19.0 Å². The lowest BCUT2D eigenvalue weighted by Gasteiger charge is -2.22. The van der Waals surface area contributed by atoms with Gasteiger partial charge < -0.3 is 24.2 Å². The van der Waals surface area contributed by atoms with Gasteiger partial charge in [-0.15, -0.1) is 0 Å². The number of hydrogen-bond donors (Lipinski definition) is 1. The van der Waals surface area contributed by atoms with Crippen LogP contribution in [0, 0.1) is 0 Å². The summed E-state index contributed by atoms with van der Waals surface area (Å²) in [6, 6.07) is 16.9. The molecule has 1 heterocycles. The van der Waals surface area contributed by atoms with Gasteiger partial charge in [0.05, 0.1) is 31.5 Å². The topological polar surface area (TPSA) is 76.8 Å². The van der Waals surface area contributed by atoms with Gasteiger partial charge in [0.1, 0.15) is 17.2 Å². The predicted molar refractivity (Wildman–Crippen MR) is 114 cm³/mol. The van der Waals surface area contributed by atoms with Crippen molar-refractivity contribution < 1.29 is 18.8 Å². The van der Waals surface area contributed by atoms with E-state index in [0.29, 0.717) is 41.8 Å². The maximum absolute atomic E-state index is 13.0. The second kappa shape index (κ2) is 8.90. The molecule has 30 heavy (non-hydrogen) atoms. The molecule has 1 aromatic heterocycles. The van der Waals surface area contributed by atoms with E-state index in [9.17, 15) is 4.79 Å². The normalized spacial score (nSPS) is 13.0. The van der Waals surface area contributed by atoms with Crippen molar-refractivity contribution in [3.8, 4) is 22.8 Å². The number of hydrogen-bond acceptors (Lipinski definition) is 5. The lowest BCUT2D eigenvalue weighted by Crippen LogP contribution is -2.36. The molecule has 1 aliphatic carbocycles. The molecule has 0 spiro atoms. The van der Waals surface area contributed by atoms with Crippen LogP contribution < -0.4 is 14.8 Å². The molecule has 2 aromatic carbocycles. The largest absolute Gasteiger partial charge is 0.496 e. The molecule has 1 aliphatic rings. The third kappa shape index (κ3) is 4.40. The van der Waals surface area contributed by atoms with Gasteiger partial charge in [0, 0.05) is 12.1 Å². The van der Waals surface area contributed by atoms with Crippen molar-refractivity contribution in [2.24, 2.45) is 0 Å². The number of para-hydroxylation sites is 3. The molecule has 156 valence electrons. The van der Waals surface area contributed by atoms with Crippen molar-refractivity contribution >= 4 is 11.7 Å². The summed E-state index contributed by atoms with van der Waals surface area (Å²) in [5, 5.41) is 7.15. The number of carbonyl (C=O) groups is 1. The van der Waals surface area contributed by atoms with Gasteiger partial charge in [-0.1, -0.05) is 29.4 Å². The van der Waals surface area contributed by atoms with Crippen molar-refractivity contribution in [3.05, 3.63) is 60.3 Å². The van der Waals surface area contributed by atoms with Gasteiger partial charge in [0.2, 0.25) is 0 Å². The van der Waals surface area contributed by atoms with Gasteiger partial charge in [-0.2, -0.15) is 0 Å². The molecular formula is C23H25N3O4. The lowest BCUT2D eigenvalue weighted by atomic mass is 10.1. The third-order valence-corrected chi connectivity index (χ3v) is 4.94. The van der Waals surface area contributed by atoms with Crippen molar-refractivity contribution in [1.82, 2.24) is 10.1 Å². The molecule has 0 saturated heterocycles. The Bertz CT molecular complexity index is 1010. The van der Waals surface area contributed by atoms with E-state index in [1.54, 1.807) is 12.0 Å². The molecule has 0 atom stereocenters. The zero-order valence-corrected chi connectivity index (χ0v) is 17.1. The highest BCUT2D eigenvalue weighted by Gasteiger charge is 2.33. The van der Waals surface area contributed by atoms with E-state index in [0.717, 1.165) is 18.4 Å². The standard InChI is InChI=1S/C23H25N3O4/c1-3-29-21-11-7-5-9-19(21)24-23(27)26(17-12-13-17)15-16-14-22(30-25-16)18-8-4-6-10-20(18)28-2/h4-11,14,17H,3,12-13,15H2,1-2H3,(H,24,27). The van der Waals surface area contributed by atoms with Gasteiger partial charge in [-0.25, -0.2) is 4.79 Å². The number of rotatable bonds is 8.